The van der Waals surface area contributed by atoms with E-state index >= 15 is 0 Å². The molecule has 0 radical (unpaired) electrons. The van der Waals surface area contributed by atoms with Crippen LogP contribution < -0.4 is 0 Å². The number of carbonyl (C=O) groups is 2. The van der Waals surface area contributed by atoms with Gasteiger partial charge in [0.15, 0.2) is 0 Å². The average molecular weight is 284 g/mol. The van der Waals surface area contributed by atoms with Crippen LogP contribution in [0.25, 0.3) is 0 Å². The molecule has 0 aliphatic carbocycles. The van der Waals surface area contributed by atoms with Gasteiger partial charge in [-0.15, -0.1) is 11.8 Å². The normalized spacial score (nSPS) is 10.2. The predicted molar refractivity (Wildman–Crippen MR) is 71.7 cm³/mol. The van der Waals surface area contributed by atoms with E-state index < -0.39 is 5.97 Å². The minimum absolute atomic E-state index is 0.146. The third kappa shape index (κ3) is 5.32. The lowest BCUT2D eigenvalue weighted by Crippen LogP contribution is -2.11. The number of aromatic carboxylic acids is 1. The van der Waals surface area contributed by atoms with Gasteiger partial charge in [-0.2, -0.15) is 0 Å². The number of carbonyl (C=O) groups excluding carboxylic acids is 1. The number of carboxylic acid groups (broad SMARTS) is 1. The first-order valence-corrected chi connectivity index (χ1v) is 6.64. The zero-order valence-corrected chi connectivity index (χ0v) is 11.7. The molecule has 5 nitrogen and oxygen atoms in total. The molecule has 0 aliphatic heterocycles. The van der Waals surface area contributed by atoms with Gasteiger partial charge in [0.05, 0.1) is 17.9 Å². The lowest BCUT2D eigenvalue weighted by molar-refractivity contribution is -0.141. The molecule has 19 heavy (non-hydrogen) atoms. The minimum Gasteiger partial charge on any atom is -0.478 e. The Bertz CT molecular complexity index is 458. The summed E-state index contributed by atoms with van der Waals surface area (Å²) in [5.41, 5.74) is 1.14. The van der Waals surface area contributed by atoms with Crippen LogP contribution in [0, 0.1) is 6.92 Å². The van der Waals surface area contributed by atoms with Gasteiger partial charge in [-0.25, -0.2) is 4.79 Å². The SMILES string of the molecule is COCCOC(=O)CSc1cc(C(=O)O)ccc1C. The molecule has 0 bridgehead atoms. The highest BCUT2D eigenvalue weighted by atomic mass is 32.2. The molecule has 0 heterocycles. The van der Waals surface area contributed by atoms with Crippen LogP contribution in [-0.2, 0) is 14.3 Å². The number of esters is 1. The zero-order valence-electron chi connectivity index (χ0n) is 10.8. The Balaban J connectivity index is 2.54. The fraction of sp³-hybridized carbons (Fsp3) is 0.385. The molecule has 0 spiro atoms. The van der Waals surface area contributed by atoms with E-state index in [1.54, 1.807) is 18.2 Å². The van der Waals surface area contributed by atoms with Crippen LogP contribution in [0.5, 0.6) is 0 Å². The Morgan fingerprint density at radius 3 is 2.68 bits per heavy atom. The molecular formula is C13H16O5S. The maximum Gasteiger partial charge on any atom is 0.335 e. The van der Waals surface area contributed by atoms with Gasteiger partial charge >= 0.3 is 11.9 Å². The molecule has 0 saturated heterocycles. The van der Waals surface area contributed by atoms with Crippen molar-refractivity contribution < 1.29 is 24.2 Å². The third-order valence-corrected chi connectivity index (χ3v) is 3.46. The topological polar surface area (TPSA) is 72.8 Å². The highest BCUT2D eigenvalue weighted by Crippen LogP contribution is 2.23. The van der Waals surface area contributed by atoms with E-state index in [-0.39, 0.29) is 23.9 Å². The first-order chi connectivity index (χ1) is 9.04. The summed E-state index contributed by atoms with van der Waals surface area (Å²) in [5, 5.41) is 8.91. The molecule has 104 valence electrons. The number of rotatable bonds is 7. The largest absolute Gasteiger partial charge is 0.478 e. The predicted octanol–water partition coefficient (Wildman–Crippen LogP) is 1.97. The number of ether oxygens (including phenoxy) is 2. The fourth-order valence-corrected chi connectivity index (χ4v) is 2.17. The fourth-order valence-electron chi connectivity index (χ4n) is 1.31. The van der Waals surface area contributed by atoms with E-state index in [1.165, 1.54) is 18.9 Å². The molecule has 0 aromatic heterocycles. The third-order valence-electron chi connectivity index (χ3n) is 2.33. The van der Waals surface area contributed by atoms with E-state index in [1.807, 2.05) is 6.92 Å². The number of thioether (sulfide) groups is 1. The molecule has 0 amide bonds. The molecule has 0 saturated carbocycles. The molecule has 1 aromatic rings. The molecule has 6 heteroatoms. The van der Waals surface area contributed by atoms with Crippen molar-refractivity contribution in [2.45, 2.75) is 11.8 Å². The van der Waals surface area contributed by atoms with Crippen molar-refractivity contribution in [3.8, 4) is 0 Å². The van der Waals surface area contributed by atoms with Crippen LogP contribution in [0.2, 0.25) is 0 Å². The number of methoxy groups -OCH3 is 1. The van der Waals surface area contributed by atoms with Gasteiger partial charge in [0.1, 0.15) is 6.61 Å². The summed E-state index contributed by atoms with van der Waals surface area (Å²) >= 11 is 1.27. The van der Waals surface area contributed by atoms with E-state index in [9.17, 15) is 9.59 Å². The highest BCUT2D eigenvalue weighted by molar-refractivity contribution is 8.00. The summed E-state index contributed by atoms with van der Waals surface area (Å²) in [7, 11) is 1.53. The standard InChI is InChI=1S/C13H16O5S/c1-9-3-4-10(13(15)16)7-11(9)19-8-12(14)18-6-5-17-2/h3-4,7H,5-6,8H2,1-2H3,(H,15,16). The summed E-state index contributed by atoms with van der Waals surface area (Å²) in [4.78, 5) is 23.0. The van der Waals surface area contributed by atoms with E-state index in [2.05, 4.69) is 0 Å². The molecule has 0 fully saturated rings. The van der Waals surface area contributed by atoms with Gasteiger partial charge < -0.3 is 14.6 Å². The van der Waals surface area contributed by atoms with Gasteiger partial charge in [0.25, 0.3) is 0 Å². The monoisotopic (exact) mass is 284 g/mol. The molecule has 0 unspecified atom stereocenters. The molecule has 0 aliphatic rings. The maximum absolute atomic E-state index is 11.4. The van der Waals surface area contributed by atoms with Crippen molar-refractivity contribution in [3.63, 3.8) is 0 Å². The van der Waals surface area contributed by atoms with Crippen LogP contribution in [-0.4, -0.2) is 43.1 Å². The van der Waals surface area contributed by atoms with Gasteiger partial charge in [0.2, 0.25) is 0 Å². The second kappa shape index (κ2) is 7.81. The molecule has 1 aromatic carbocycles. The van der Waals surface area contributed by atoms with Crippen molar-refractivity contribution in [2.75, 3.05) is 26.1 Å². The number of benzene rings is 1. The Morgan fingerprint density at radius 2 is 2.05 bits per heavy atom. The first kappa shape index (κ1) is 15.5. The summed E-state index contributed by atoms with van der Waals surface area (Å²) < 4.78 is 9.69. The summed E-state index contributed by atoms with van der Waals surface area (Å²) in [6.45, 7) is 2.46. The van der Waals surface area contributed by atoms with Crippen molar-refractivity contribution in [1.82, 2.24) is 0 Å². The number of hydrogen-bond acceptors (Lipinski definition) is 5. The van der Waals surface area contributed by atoms with Gasteiger partial charge in [0, 0.05) is 12.0 Å². The van der Waals surface area contributed by atoms with Crippen molar-refractivity contribution >= 4 is 23.7 Å². The Hall–Kier alpha value is -1.53. The highest BCUT2D eigenvalue weighted by Gasteiger charge is 2.09. The minimum atomic E-state index is -0.982. The maximum atomic E-state index is 11.4. The molecule has 0 atom stereocenters. The van der Waals surface area contributed by atoms with Crippen LogP contribution >= 0.6 is 11.8 Å². The van der Waals surface area contributed by atoms with Crippen LogP contribution in [0.15, 0.2) is 23.1 Å². The zero-order chi connectivity index (χ0) is 14.3. The second-order valence-electron chi connectivity index (χ2n) is 3.79. The van der Waals surface area contributed by atoms with Crippen LogP contribution in [0.3, 0.4) is 0 Å². The Morgan fingerprint density at radius 1 is 1.32 bits per heavy atom. The summed E-state index contributed by atoms with van der Waals surface area (Å²) in [5.74, 6) is -1.18. The first-order valence-electron chi connectivity index (χ1n) is 5.66. The van der Waals surface area contributed by atoms with Gasteiger partial charge in [-0.3, -0.25) is 4.79 Å². The molecule has 1 N–H and O–H groups in total. The van der Waals surface area contributed by atoms with E-state index in [4.69, 9.17) is 14.6 Å². The lowest BCUT2D eigenvalue weighted by atomic mass is 10.1. The van der Waals surface area contributed by atoms with Crippen molar-refractivity contribution in [1.29, 1.82) is 0 Å². The van der Waals surface area contributed by atoms with Gasteiger partial charge in [-0.1, -0.05) is 6.07 Å². The second-order valence-corrected chi connectivity index (χ2v) is 4.80. The van der Waals surface area contributed by atoms with Crippen LogP contribution in [0.1, 0.15) is 15.9 Å². The quantitative estimate of drug-likeness (QED) is 0.469. The van der Waals surface area contributed by atoms with Crippen LogP contribution in [0.4, 0.5) is 0 Å². The smallest absolute Gasteiger partial charge is 0.335 e. The lowest BCUT2D eigenvalue weighted by Gasteiger charge is -2.07. The molecular weight excluding hydrogens is 268 g/mol. The summed E-state index contributed by atoms with van der Waals surface area (Å²) in [6.07, 6.45) is 0. The van der Waals surface area contributed by atoms with E-state index in [0.717, 1.165) is 10.5 Å². The average Bonchev–Trinajstić information content (AvgIpc) is 2.37. The Labute approximate surface area is 115 Å². The Kier molecular flexibility index (Phi) is 6.38. The number of carboxylic acids is 1. The van der Waals surface area contributed by atoms with Gasteiger partial charge in [-0.05, 0) is 24.6 Å². The van der Waals surface area contributed by atoms with Crippen molar-refractivity contribution in [2.24, 2.45) is 0 Å². The van der Waals surface area contributed by atoms with Crippen molar-refractivity contribution in [3.05, 3.63) is 29.3 Å². The number of aryl methyl sites for hydroxylation is 1. The number of hydrogen-bond donors (Lipinski definition) is 1. The summed E-state index contributed by atoms with van der Waals surface area (Å²) in [6, 6.07) is 4.82. The van der Waals surface area contributed by atoms with E-state index in [0.29, 0.717) is 6.61 Å². The molecule has 1 rings (SSSR count).